The summed E-state index contributed by atoms with van der Waals surface area (Å²) in [7, 11) is 0. The maximum absolute atomic E-state index is 12.7. The van der Waals surface area contributed by atoms with Gasteiger partial charge in [0, 0.05) is 23.9 Å². The van der Waals surface area contributed by atoms with Crippen LogP contribution in [0.5, 0.6) is 0 Å². The minimum atomic E-state index is -0.810. The summed E-state index contributed by atoms with van der Waals surface area (Å²) in [4.78, 5) is 48.9. The Hall–Kier alpha value is -4.66. The van der Waals surface area contributed by atoms with E-state index < -0.39 is 22.1 Å². The summed E-state index contributed by atoms with van der Waals surface area (Å²) >= 11 is 1.06. The Balaban J connectivity index is 1.76. The van der Waals surface area contributed by atoms with E-state index in [-0.39, 0.29) is 22.7 Å². The van der Waals surface area contributed by atoms with Gasteiger partial charge in [-0.25, -0.2) is 15.0 Å². The van der Waals surface area contributed by atoms with Crippen molar-refractivity contribution in [1.29, 1.82) is 0 Å². The number of carbonyl (C=O) groups excluding carboxylic acids is 1. The standard InChI is InChI=1S/C17H13N11O3S/c1-8-22-17(32-27-8)26-23-10-3-4-11(29)12(13(10)30)24-25-15-9(14(18)31)7-21-28(15)16-19-5-2-6-20-16/h2-7,25H,1H3,(H2,18,31)(H,22,26,27)/b23-10+,24-12+. The van der Waals surface area contributed by atoms with Crippen LogP contribution in [0.15, 0.2) is 56.6 Å². The van der Waals surface area contributed by atoms with E-state index in [2.05, 4.69) is 45.5 Å². The SMILES string of the molecule is Cc1nsc(N/N=c2\ccc(=O)/c(=N\Nc3c(C(N)=O)cnn3-c3ncccn3)c2=O)n1. The highest BCUT2D eigenvalue weighted by Gasteiger charge is 2.17. The van der Waals surface area contributed by atoms with Crippen molar-refractivity contribution in [3.05, 3.63) is 79.3 Å². The first kappa shape index (κ1) is 20.6. The fourth-order valence-electron chi connectivity index (χ4n) is 2.48. The van der Waals surface area contributed by atoms with Crippen molar-refractivity contribution in [1.82, 2.24) is 29.1 Å². The van der Waals surface area contributed by atoms with E-state index in [9.17, 15) is 14.4 Å². The molecule has 15 heteroatoms. The Morgan fingerprint density at radius 3 is 2.62 bits per heavy atom. The summed E-state index contributed by atoms with van der Waals surface area (Å²) < 4.78 is 5.15. The highest BCUT2D eigenvalue weighted by atomic mass is 32.1. The number of nitrogens with one attached hydrogen (secondary N) is 2. The molecule has 0 aliphatic carbocycles. The van der Waals surface area contributed by atoms with Crippen LogP contribution < -0.4 is 38.2 Å². The van der Waals surface area contributed by atoms with Crippen molar-refractivity contribution >= 4 is 28.4 Å². The van der Waals surface area contributed by atoms with E-state index in [1.54, 1.807) is 13.0 Å². The molecule has 0 atom stereocenters. The second-order valence-corrected chi connectivity index (χ2v) is 6.84. The van der Waals surface area contributed by atoms with Gasteiger partial charge in [-0.1, -0.05) is 0 Å². The number of aryl methyl sites for hydroxylation is 1. The predicted octanol–water partition coefficient (Wildman–Crippen LogP) is -1.63. The fourth-order valence-corrected chi connectivity index (χ4v) is 3.00. The Labute approximate surface area is 181 Å². The molecule has 14 nitrogen and oxygen atoms in total. The molecule has 0 radical (unpaired) electrons. The van der Waals surface area contributed by atoms with Gasteiger partial charge in [0.1, 0.15) is 16.7 Å². The van der Waals surface area contributed by atoms with Crippen molar-refractivity contribution in [3.8, 4) is 5.95 Å². The zero-order valence-electron chi connectivity index (χ0n) is 16.3. The minimum absolute atomic E-state index is 0.0210. The molecule has 3 heterocycles. The van der Waals surface area contributed by atoms with E-state index in [4.69, 9.17) is 5.73 Å². The van der Waals surface area contributed by atoms with Gasteiger partial charge < -0.3 is 5.73 Å². The van der Waals surface area contributed by atoms with Crippen LogP contribution in [0.4, 0.5) is 10.9 Å². The lowest BCUT2D eigenvalue weighted by atomic mass is 10.3. The topological polar surface area (TPSA) is 195 Å². The molecular weight excluding hydrogens is 438 g/mol. The number of amides is 1. The van der Waals surface area contributed by atoms with Gasteiger partial charge in [-0.05, 0) is 25.1 Å². The maximum atomic E-state index is 12.7. The average Bonchev–Trinajstić information content (AvgIpc) is 3.40. The molecule has 0 aliphatic heterocycles. The Morgan fingerprint density at radius 2 is 1.94 bits per heavy atom. The number of primary amides is 1. The lowest BCUT2D eigenvalue weighted by Crippen LogP contribution is -2.48. The summed E-state index contributed by atoms with van der Waals surface area (Å²) in [5.41, 5.74) is 9.05. The van der Waals surface area contributed by atoms with Gasteiger partial charge in [-0.15, -0.1) is 0 Å². The first-order chi connectivity index (χ1) is 15.4. The lowest BCUT2D eigenvalue weighted by Gasteiger charge is -2.05. The largest absolute Gasteiger partial charge is 0.365 e. The summed E-state index contributed by atoms with van der Waals surface area (Å²) in [6.07, 6.45) is 4.13. The molecule has 0 fully saturated rings. The van der Waals surface area contributed by atoms with E-state index in [1.165, 1.54) is 24.7 Å². The molecule has 0 unspecified atom stereocenters. The first-order valence-corrected chi connectivity index (χ1v) is 9.61. The molecule has 160 valence electrons. The van der Waals surface area contributed by atoms with E-state index >= 15 is 0 Å². The Bertz CT molecular complexity index is 1520. The van der Waals surface area contributed by atoms with E-state index in [1.807, 2.05) is 0 Å². The molecule has 0 saturated carbocycles. The number of nitrogens with two attached hydrogens (primary N) is 1. The zero-order chi connectivity index (χ0) is 22.7. The summed E-state index contributed by atoms with van der Waals surface area (Å²) in [6.45, 7) is 1.71. The average molecular weight is 451 g/mol. The number of rotatable bonds is 6. The van der Waals surface area contributed by atoms with Crippen LogP contribution in [0.25, 0.3) is 5.95 Å². The maximum Gasteiger partial charge on any atom is 0.254 e. The smallest absolute Gasteiger partial charge is 0.254 e. The molecule has 1 aromatic carbocycles. The number of anilines is 2. The molecule has 4 rings (SSSR count). The molecule has 4 N–H and O–H groups in total. The summed E-state index contributed by atoms with van der Waals surface area (Å²) in [5, 5.41) is 11.7. The predicted molar refractivity (Wildman–Crippen MR) is 112 cm³/mol. The van der Waals surface area contributed by atoms with Gasteiger partial charge in [-0.2, -0.15) is 24.4 Å². The molecule has 3 aromatic heterocycles. The molecule has 4 aromatic rings. The van der Waals surface area contributed by atoms with Gasteiger partial charge in [0.05, 0.1) is 6.20 Å². The fraction of sp³-hybridized carbons (Fsp3) is 0.0588. The number of carbonyl (C=O) groups is 1. The molecular formula is C17H13N11O3S. The zero-order valence-corrected chi connectivity index (χ0v) is 17.1. The highest BCUT2D eigenvalue weighted by Crippen LogP contribution is 2.17. The highest BCUT2D eigenvalue weighted by molar-refractivity contribution is 7.09. The van der Waals surface area contributed by atoms with Crippen molar-refractivity contribution < 1.29 is 4.79 Å². The third-order valence-electron chi connectivity index (χ3n) is 3.92. The van der Waals surface area contributed by atoms with Crippen molar-refractivity contribution in [2.75, 3.05) is 10.9 Å². The quantitative estimate of drug-likeness (QED) is 0.286. The third kappa shape index (κ3) is 4.12. The number of aromatic nitrogens is 6. The van der Waals surface area contributed by atoms with Crippen molar-refractivity contribution in [2.45, 2.75) is 6.92 Å². The number of hydrogen-bond donors (Lipinski definition) is 3. The Kier molecular flexibility index (Phi) is 5.54. The van der Waals surface area contributed by atoms with Gasteiger partial charge >= 0.3 is 0 Å². The molecule has 1 amide bonds. The second-order valence-electron chi connectivity index (χ2n) is 6.09. The molecule has 0 spiro atoms. The third-order valence-corrected chi connectivity index (χ3v) is 4.63. The van der Waals surface area contributed by atoms with Crippen LogP contribution in [0.3, 0.4) is 0 Å². The second kappa shape index (κ2) is 8.60. The van der Waals surface area contributed by atoms with Gasteiger partial charge in [0.2, 0.25) is 16.0 Å². The van der Waals surface area contributed by atoms with Crippen LogP contribution in [-0.2, 0) is 0 Å². The van der Waals surface area contributed by atoms with Crippen molar-refractivity contribution in [2.24, 2.45) is 15.9 Å². The summed E-state index contributed by atoms with van der Waals surface area (Å²) in [6, 6.07) is 3.99. The molecule has 32 heavy (non-hydrogen) atoms. The number of hydrogen-bond acceptors (Lipinski definition) is 13. The lowest BCUT2D eigenvalue weighted by molar-refractivity contribution is 0.100. The van der Waals surface area contributed by atoms with Gasteiger partial charge in [-0.3, -0.25) is 25.2 Å². The van der Waals surface area contributed by atoms with E-state index in [0.29, 0.717) is 11.0 Å². The summed E-state index contributed by atoms with van der Waals surface area (Å²) in [5.74, 6) is -0.168. The van der Waals surface area contributed by atoms with Gasteiger partial charge in [0.25, 0.3) is 11.9 Å². The number of nitrogens with zero attached hydrogens (tertiary/aromatic N) is 8. The Morgan fingerprint density at radius 1 is 1.16 bits per heavy atom. The van der Waals surface area contributed by atoms with Gasteiger partial charge in [0.15, 0.2) is 11.2 Å². The molecule has 0 saturated heterocycles. The van der Waals surface area contributed by atoms with E-state index in [0.717, 1.165) is 22.3 Å². The minimum Gasteiger partial charge on any atom is -0.365 e. The van der Waals surface area contributed by atoms with Crippen LogP contribution in [-0.4, -0.2) is 35.0 Å². The van der Waals surface area contributed by atoms with Crippen LogP contribution in [0.2, 0.25) is 0 Å². The van der Waals surface area contributed by atoms with Crippen LogP contribution in [0, 0.1) is 6.92 Å². The van der Waals surface area contributed by atoms with Crippen LogP contribution >= 0.6 is 11.5 Å². The van der Waals surface area contributed by atoms with Crippen molar-refractivity contribution in [3.63, 3.8) is 0 Å². The number of benzene rings is 1. The first-order valence-electron chi connectivity index (χ1n) is 8.84. The molecule has 0 bridgehead atoms. The van der Waals surface area contributed by atoms with Crippen LogP contribution in [0.1, 0.15) is 16.2 Å². The monoisotopic (exact) mass is 451 g/mol. The molecule has 0 aliphatic rings. The normalized spacial score (nSPS) is 12.2.